The van der Waals surface area contributed by atoms with Crippen molar-refractivity contribution in [3.63, 3.8) is 0 Å². The van der Waals surface area contributed by atoms with Gasteiger partial charge in [-0.05, 0) is 31.5 Å². The molecule has 0 aliphatic carbocycles. The van der Waals surface area contributed by atoms with Crippen LogP contribution in [0.15, 0.2) is 54.6 Å². The molecule has 0 radical (unpaired) electrons. The van der Waals surface area contributed by atoms with E-state index in [9.17, 15) is 19.2 Å². The summed E-state index contributed by atoms with van der Waals surface area (Å²) in [5.41, 5.74) is 2.67. The molecule has 1 heterocycles. The van der Waals surface area contributed by atoms with Crippen LogP contribution < -0.4 is 15.5 Å². The van der Waals surface area contributed by atoms with E-state index in [4.69, 9.17) is 4.74 Å². The Labute approximate surface area is 180 Å². The zero-order valence-corrected chi connectivity index (χ0v) is 17.5. The summed E-state index contributed by atoms with van der Waals surface area (Å²) in [4.78, 5) is 50.4. The average molecular weight is 423 g/mol. The largest absolute Gasteiger partial charge is 0.452 e. The number of carbonyl (C=O) groups excluding carboxylic acids is 4. The molecule has 0 spiro atoms. The Hall–Kier alpha value is -3.68. The van der Waals surface area contributed by atoms with Crippen LogP contribution in [0.4, 0.5) is 10.5 Å². The van der Waals surface area contributed by atoms with Crippen molar-refractivity contribution in [3.8, 4) is 0 Å². The predicted octanol–water partition coefficient (Wildman–Crippen LogP) is 2.31. The summed E-state index contributed by atoms with van der Waals surface area (Å²) in [5.74, 6) is -2.23. The molecule has 2 aromatic carbocycles. The minimum absolute atomic E-state index is 0.0125. The molecule has 31 heavy (non-hydrogen) atoms. The number of amides is 4. The first-order valence-electron chi connectivity index (χ1n) is 10.0. The van der Waals surface area contributed by atoms with Crippen molar-refractivity contribution in [2.45, 2.75) is 32.9 Å². The summed E-state index contributed by atoms with van der Waals surface area (Å²) in [7, 11) is 0. The van der Waals surface area contributed by atoms with Gasteiger partial charge in [0, 0.05) is 25.2 Å². The number of imide groups is 1. The van der Waals surface area contributed by atoms with E-state index in [1.165, 1.54) is 11.8 Å². The number of benzene rings is 2. The fourth-order valence-electron chi connectivity index (χ4n) is 3.20. The Morgan fingerprint density at radius 2 is 1.77 bits per heavy atom. The van der Waals surface area contributed by atoms with Gasteiger partial charge >= 0.3 is 12.0 Å². The summed E-state index contributed by atoms with van der Waals surface area (Å²) in [6.45, 7) is 3.77. The molecular weight excluding hydrogens is 398 g/mol. The van der Waals surface area contributed by atoms with Crippen LogP contribution in [-0.4, -0.2) is 36.5 Å². The van der Waals surface area contributed by atoms with Crippen LogP contribution in [0.2, 0.25) is 0 Å². The molecule has 2 N–H and O–H groups in total. The molecule has 0 saturated carbocycles. The number of aryl methyl sites for hydroxylation is 1. The number of hydrogen-bond acceptors (Lipinski definition) is 5. The van der Waals surface area contributed by atoms with Gasteiger partial charge in [0.1, 0.15) is 0 Å². The van der Waals surface area contributed by atoms with Crippen molar-refractivity contribution in [2.24, 2.45) is 5.92 Å². The first-order chi connectivity index (χ1) is 14.8. The molecule has 1 saturated heterocycles. The van der Waals surface area contributed by atoms with Gasteiger partial charge in [0.25, 0.3) is 5.91 Å². The van der Waals surface area contributed by atoms with Crippen molar-refractivity contribution in [1.29, 1.82) is 0 Å². The van der Waals surface area contributed by atoms with E-state index in [1.54, 1.807) is 0 Å². The normalized spacial score (nSPS) is 16.5. The molecule has 0 aromatic heterocycles. The van der Waals surface area contributed by atoms with Gasteiger partial charge < -0.3 is 15.0 Å². The number of urea groups is 1. The van der Waals surface area contributed by atoms with Gasteiger partial charge in [0.15, 0.2) is 6.10 Å². The highest BCUT2D eigenvalue weighted by Gasteiger charge is 2.37. The number of hydrogen-bond donors (Lipinski definition) is 2. The van der Waals surface area contributed by atoms with Gasteiger partial charge in [-0.2, -0.15) is 0 Å². The SMILES string of the molecule is Cc1ccc(N2C[C@@H](C(=O)O[C@@H](C)C(=O)NC(=O)NCc3ccccc3)CC2=O)cc1. The Kier molecular flexibility index (Phi) is 7.02. The lowest BCUT2D eigenvalue weighted by molar-refractivity contribution is -0.158. The van der Waals surface area contributed by atoms with Gasteiger partial charge in [0.05, 0.1) is 5.92 Å². The fourth-order valence-corrected chi connectivity index (χ4v) is 3.20. The van der Waals surface area contributed by atoms with Crippen molar-refractivity contribution < 1.29 is 23.9 Å². The second kappa shape index (κ2) is 9.88. The molecule has 162 valence electrons. The molecule has 1 aliphatic heterocycles. The zero-order valence-electron chi connectivity index (χ0n) is 17.5. The van der Waals surface area contributed by atoms with Crippen LogP contribution in [0.25, 0.3) is 0 Å². The molecule has 8 heteroatoms. The maximum absolute atomic E-state index is 12.5. The molecular formula is C23H25N3O5. The number of esters is 1. The fraction of sp³-hybridized carbons (Fsp3) is 0.304. The van der Waals surface area contributed by atoms with E-state index in [0.717, 1.165) is 11.1 Å². The number of nitrogens with zero attached hydrogens (tertiary/aromatic N) is 1. The standard InChI is InChI=1S/C23H25N3O5/c1-15-8-10-19(11-9-15)26-14-18(12-20(26)27)22(29)31-16(2)21(28)25-23(30)24-13-17-6-4-3-5-7-17/h3-11,16,18H,12-14H2,1-2H3,(H2,24,25,28,30)/t16-,18-/m0/s1. The third-order valence-corrected chi connectivity index (χ3v) is 5.00. The Morgan fingerprint density at radius 3 is 2.45 bits per heavy atom. The maximum atomic E-state index is 12.5. The van der Waals surface area contributed by atoms with Gasteiger partial charge in [-0.25, -0.2) is 4.79 Å². The van der Waals surface area contributed by atoms with Crippen LogP contribution in [0, 0.1) is 12.8 Å². The van der Waals surface area contributed by atoms with Gasteiger partial charge in [-0.3, -0.25) is 19.7 Å². The summed E-state index contributed by atoms with van der Waals surface area (Å²) < 4.78 is 5.20. The van der Waals surface area contributed by atoms with E-state index in [-0.39, 0.29) is 25.4 Å². The minimum Gasteiger partial charge on any atom is -0.452 e. The second-order valence-electron chi connectivity index (χ2n) is 7.48. The van der Waals surface area contributed by atoms with Crippen LogP contribution >= 0.6 is 0 Å². The topological polar surface area (TPSA) is 105 Å². The quantitative estimate of drug-likeness (QED) is 0.694. The maximum Gasteiger partial charge on any atom is 0.321 e. The molecule has 4 amide bonds. The van der Waals surface area contributed by atoms with Crippen molar-refractivity contribution >= 4 is 29.5 Å². The van der Waals surface area contributed by atoms with Gasteiger partial charge in [-0.1, -0.05) is 48.0 Å². The van der Waals surface area contributed by atoms with E-state index in [2.05, 4.69) is 10.6 Å². The summed E-state index contributed by atoms with van der Waals surface area (Å²) >= 11 is 0. The highest BCUT2D eigenvalue weighted by atomic mass is 16.5. The lowest BCUT2D eigenvalue weighted by Gasteiger charge is -2.18. The van der Waals surface area contributed by atoms with Crippen molar-refractivity contribution in [3.05, 3.63) is 65.7 Å². The molecule has 1 fully saturated rings. The summed E-state index contributed by atoms with van der Waals surface area (Å²) in [6, 6.07) is 16.0. The Balaban J connectivity index is 1.47. The highest BCUT2D eigenvalue weighted by Crippen LogP contribution is 2.26. The number of carbonyl (C=O) groups is 4. The third-order valence-electron chi connectivity index (χ3n) is 5.00. The lowest BCUT2D eigenvalue weighted by Crippen LogP contribution is -2.45. The van der Waals surface area contributed by atoms with E-state index >= 15 is 0 Å². The van der Waals surface area contributed by atoms with E-state index in [0.29, 0.717) is 5.69 Å². The zero-order chi connectivity index (χ0) is 22.4. The molecule has 1 aliphatic rings. The first kappa shape index (κ1) is 22.0. The smallest absolute Gasteiger partial charge is 0.321 e. The first-order valence-corrected chi connectivity index (χ1v) is 10.0. The Bertz CT molecular complexity index is 959. The lowest BCUT2D eigenvalue weighted by atomic mass is 10.1. The minimum atomic E-state index is -1.17. The molecule has 3 rings (SSSR count). The summed E-state index contributed by atoms with van der Waals surface area (Å²) in [6.07, 6.45) is -1.16. The predicted molar refractivity (Wildman–Crippen MR) is 114 cm³/mol. The molecule has 2 atom stereocenters. The third kappa shape index (κ3) is 5.91. The summed E-state index contributed by atoms with van der Waals surface area (Å²) in [5, 5.41) is 4.72. The number of anilines is 1. The molecule has 0 unspecified atom stereocenters. The van der Waals surface area contributed by atoms with Crippen LogP contribution in [0.5, 0.6) is 0 Å². The van der Waals surface area contributed by atoms with Gasteiger partial charge in [0.2, 0.25) is 5.91 Å². The molecule has 0 bridgehead atoms. The number of rotatable bonds is 6. The molecule has 8 nitrogen and oxygen atoms in total. The van der Waals surface area contributed by atoms with Crippen molar-refractivity contribution in [2.75, 3.05) is 11.4 Å². The van der Waals surface area contributed by atoms with E-state index < -0.39 is 29.9 Å². The highest BCUT2D eigenvalue weighted by molar-refractivity contribution is 6.00. The van der Waals surface area contributed by atoms with Crippen molar-refractivity contribution in [1.82, 2.24) is 10.6 Å². The average Bonchev–Trinajstić information content (AvgIpc) is 3.15. The van der Waals surface area contributed by atoms with E-state index in [1.807, 2.05) is 61.5 Å². The Morgan fingerprint density at radius 1 is 1.10 bits per heavy atom. The van der Waals surface area contributed by atoms with Crippen LogP contribution in [0.1, 0.15) is 24.5 Å². The van der Waals surface area contributed by atoms with Crippen LogP contribution in [-0.2, 0) is 25.7 Å². The van der Waals surface area contributed by atoms with Gasteiger partial charge in [-0.15, -0.1) is 0 Å². The second-order valence-corrected chi connectivity index (χ2v) is 7.48. The number of ether oxygens (including phenoxy) is 1. The monoisotopic (exact) mass is 423 g/mol. The molecule has 2 aromatic rings. The van der Waals surface area contributed by atoms with Crippen LogP contribution in [0.3, 0.4) is 0 Å². The number of nitrogens with one attached hydrogen (secondary N) is 2.